The second-order valence-corrected chi connectivity index (χ2v) is 9.74. The number of amides is 1. The van der Waals surface area contributed by atoms with E-state index in [4.69, 9.17) is 0 Å². The number of nitrogens with zero attached hydrogens (tertiary/aromatic N) is 3. The summed E-state index contributed by atoms with van der Waals surface area (Å²) in [5.41, 5.74) is 1.63. The number of sulfonamides is 1. The topological polar surface area (TPSA) is 92.3 Å². The number of nitrogens with one attached hydrogen (secondary N) is 1. The highest BCUT2D eigenvalue weighted by molar-refractivity contribution is 7.89. The second-order valence-electron chi connectivity index (χ2n) is 6.65. The number of carbonyl (C=O) groups is 1. The fraction of sp³-hybridized carbons (Fsp3) is 0.500. The Hall–Kier alpha value is -1.84. The molecule has 2 aromatic rings. The quantitative estimate of drug-likeness (QED) is 0.793. The minimum absolute atomic E-state index is 0.125. The number of thiazole rings is 1. The summed E-state index contributed by atoms with van der Waals surface area (Å²) in [6.07, 6.45) is 3.67. The average Bonchev–Trinajstić information content (AvgIpc) is 3.02. The molecule has 0 aliphatic carbocycles. The molecule has 0 saturated carbocycles. The third-order valence-electron chi connectivity index (χ3n) is 4.53. The number of carbonyl (C=O) groups excluding carboxylic acids is 1. The van der Waals surface area contributed by atoms with Crippen LogP contribution in [0.2, 0.25) is 0 Å². The Morgan fingerprint density at radius 2 is 2.22 bits per heavy atom. The number of piperidine rings is 1. The van der Waals surface area contributed by atoms with Crippen molar-refractivity contribution >= 4 is 32.4 Å². The van der Waals surface area contributed by atoms with Crippen LogP contribution in [0.4, 0.5) is 5.13 Å². The number of pyridine rings is 1. The number of hydrogen-bond donors (Lipinski definition) is 1. The summed E-state index contributed by atoms with van der Waals surface area (Å²) in [5.74, 6) is -0.402. The van der Waals surface area contributed by atoms with Gasteiger partial charge in [0.25, 0.3) is 0 Å². The van der Waals surface area contributed by atoms with Crippen LogP contribution < -0.4 is 5.32 Å². The molecule has 0 spiro atoms. The lowest BCUT2D eigenvalue weighted by atomic mass is 9.99. The molecule has 1 saturated heterocycles. The number of anilines is 1. The molecule has 3 rings (SSSR count). The zero-order valence-corrected chi connectivity index (χ0v) is 17.1. The molecule has 1 aliphatic rings. The smallest absolute Gasteiger partial charge is 0.230 e. The van der Waals surface area contributed by atoms with E-state index in [-0.39, 0.29) is 24.1 Å². The van der Waals surface area contributed by atoms with E-state index in [0.29, 0.717) is 30.9 Å². The summed E-state index contributed by atoms with van der Waals surface area (Å²) in [7, 11) is -3.28. The van der Waals surface area contributed by atoms with E-state index in [2.05, 4.69) is 15.3 Å². The van der Waals surface area contributed by atoms with Crippen LogP contribution in [0, 0.1) is 12.8 Å². The van der Waals surface area contributed by atoms with Gasteiger partial charge in [0.1, 0.15) is 0 Å². The van der Waals surface area contributed by atoms with Gasteiger partial charge in [0.05, 0.1) is 27.9 Å². The van der Waals surface area contributed by atoms with Crippen molar-refractivity contribution in [3.05, 3.63) is 30.1 Å². The number of hydrogen-bond acceptors (Lipinski definition) is 6. The summed E-state index contributed by atoms with van der Waals surface area (Å²) < 4.78 is 26.0. The highest BCUT2D eigenvalue weighted by Gasteiger charge is 2.32. The van der Waals surface area contributed by atoms with E-state index in [0.717, 1.165) is 16.3 Å². The van der Waals surface area contributed by atoms with Gasteiger partial charge in [0, 0.05) is 19.3 Å². The molecule has 3 heterocycles. The van der Waals surface area contributed by atoms with Gasteiger partial charge in [-0.05, 0) is 38.3 Å². The van der Waals surface area contributed by atoms with Crippen LogP contribution in [0.25, 0.3) is 10.6 Å². The third-order valence-corrected chi connectivity index (χ3v) is 7.67. The van der Waals surface area contributed by atoms with Crippen LogP contribution in [-0.4, -0.2) is 47.4 Å². The standard InChI is InChI=1S/C18H24N4O3S2/c1-3-11-27(24,25)22-10-6-7-14(12-22)17(23)21-18-20-13(2)16(26-18)15-8-4-5-9-19-15/h4-5,8-9,14H,3,6-7,10-12H2,1-2H3,(H,20,21,23). The largest absolute Gasteiger partial charge is 0.302 e. The monoisotopic (exact) mass is 408 g/mol. The van der Waals surface area contributed by atoms with Crippen molar-refractivity contribution in [1.82, 2.24) is 14.3 Å². The van der Waals surface area contributed by atoms with Crippen LogP contribution in [0.1, 0.15) is 31.9 Å². The van der Waals surface area contributed by atoms with Crippen LogP contribution in [0.15, 0.2) is 24.4 Å². The lowest BCUT2D eigenvalue weighted by Crippen LogP contribution is -2.44. The van der Waals surface area contributed by atoms with Crippen LogP contribution in [0.3, 0.4) is 0 Å². The molecule has 1 N–H and O–H groups in total. The zero-order chi connectivity index (χ0) is 19.4. The van der Waals surface area contributed by atoms with Gasteiger partial charge >= 0.3 is 0 Å². The summed E-state index contributed by atoms with van der Waals surface area (Å²) in [6.45, 7) is 4.46. The minimum atomic E-state index is -3.28. The molecule has 1 atom stereocenters. The molecule has 1 aliphatic heterocycles. The van der Waals surface area contributed by atoms with Crippen LogP contribution >= 0.6 is 11.3 Å². The molecular weight excluding hydrogens is 384 g/mol. The number of rotatable bonds is 6. The van der Waals surface area contributed by atoms with E-state index in [1.165, 1.54) is 15.6 Å². The van der Waals surface area contributed by atoms with E-state index in [1.807, 2.05) is 32.0 Å². The van der Waals surface area contributed by atoms with Gasteiger partial charge in [-0.3, -0.25) is 9.78 Å². The lowest BCUT2D eigenvalue weighted by molar-refractivity contribution is -0.120. The lowest BCUT2D eigenvalue weighted by Gasteiger charge is -2.30. The van der Waals surface area contributed by atoms with Crippen molar-refractivity contribution in [1.29, 1.82) is 0 Å². The molecule has 9 heteroatoms. The van der Waals surface area contributed by atoms with Crippen LogP contribution in [-0.2, 0) is 14.8 Å². The molecule has 0 bridgehead atoms. The first-order valence-electron chi connectivity index (χ1n) is 9.08. The Morgan fingerprint density at radius 3 is 2.93 bits per heavy atom. The molecule has 1 fully saturated rings. The summed E-state index contributed by atoms with van der Waals surface area (Å²) >= 11 is 1.38. The second kappa shape index (κ2) is 8.45. The van der Waals surface area contributed by atoms with Gasteiger partial charge in [-0.15, -0.1) is 0 Å². The summed E-state index contributed by atoms with van der Waals surface area (Å²) in [6, 6.07) is 5.67. The van der Waals surface area contributed by atoms with Gasteiger partial charge in [-0.1, -0.05) is 24.3 Å². The average molecular weight is 409 g/mol. The Bertz CT molecular complexity index is 897. The maximum Gasteiger partial charge on any atom is 0.230 e. The molecule has 7 nitrogen and oxygen atoms in total. The van der Waals surface area contributed by atoms with Gasteiger partial charge in [-0.2, -0.15) is 0 Å². The molecule has 0 aromatic carbocycles. The van der Waals surface area contributed by atoms with E-state index in [9.17, 15) is 13.2 Å². The predicted octanol–water partition coefficient (Wildman–Crippen LogP) is 2.90. The molecule has 2 aromatic heterocycles. The van der Waals surface area contributed by atoms with E-state index in [1.54, 1.807) is 6.20 Å². The molecule has 0 radical (unpaired) electrons. The highest BCUT2D eigenvalue weighted by Crippen LogP contribution is 2.32. The summed E-state index contributed by atoms with van der Waals surface area (Å²) in [4.78, 5) is 22.4. The van der Waals surface area contributed by atoms with Gasteiger partial charge in [0.2, 0.25) is 15.9 Å². The summed E-state index contributed by atoms with van der Waals surface area (Å²) in [5, 5.41) is 3.39. The fourth-order valence-corrected chi connectivity index (χ4v) is 5.72. The van der Waals surface area contributed by atoms with Crippen molar-refractivity contribution in [2.45, 2.75) is 33.1 Å². The Kier molecular flexibility index (Phi) is 6.23. The number of aromatic nitrogens is 2. The Morgan fingerprint density at radius 1 is 1.41 bits per heavy atom. The molecule has 146 valence electrons. The van der Waals surface area contributed by atoms with E-state index < -0.39 is 10.0 Å². The minimum Gasteiger partial charge on any atom is -0.302 e. The van der Waals surface area contributed by atoms with Crippen molar-refractivity contribution < 1.29 is 13.2 Å². The van der Waals surface area contributed by atoms with Gasteiger partial charge in [-0.25, -0.2) is 17.7 Å². The maximum atomic E-state index is 12.7. The van der Waals surface area contributed by atoms with Crippen LogP contribution in [0.5, 0.6) is 0 Å². The highest BCUT2D eigenvalue weighted by atomic mass is 32.2. The normalized spacial score (nSPS) is 18.4. The number of aryl methyl sites for hydroxylation is 1. The molecule has 27 heavy (non-hydrogen) atoms. The molecule has 1 amide bonds. The first-order chi connectivity index (χ1) is 12.9. The van der Waals surface area contributed by atoms with E-state index >= 15 is 0 Å². The Balaban J connectivity index is 1.69. The Labute approximate surface area is 163 Å². The first kappa shape index (κ1) is 19.9. The van der Waals surface area contributed by atoms with Crippen molar-refractivity contribution in [3.63, 3.8) is 0 Å². The predicted molar refractivity (Wildman–Crippen MR) is 107 cm³/mol. The SMILES string of the molecule is CCCS(=O)(=O)N1CCCC(C(=O)Nc2nc(C)c(-c3ccccn3)s2)C1. The fourth-order valence-electron chi connectivity index (χ4n) is 3.19. The van der Waals surface area contributed by atoms with Crippen molar-refractivity contribution in [3.8, 4) is 10.6 Å². The third kappa shape index (κ3) is 4.72. The molecular formula is C18H24N4O3S2. The molecule has 1 unspecified atom stereocenters. The van der Waals surface area contributed by atoms with Gasteiger partial charge in [0.15, 0.2) is 5.13 Å². The van der Waals surface area contributed by atoms with Crippen molar-refractivity contribution in [2.75, 3.05) is 24.2 Å². The van der Waals surface area contributed by atoms with Crippen molar-refractivity contribution in [2.24, 2.45) is 5.92 Å². The zero-order valence-electron chi connectivity index (χ0n) is 15.5. The maximum absolute atomic E-state index is 12.7. The first-order valence-corrected chi connectivity index (χ1v) is 11.5. The van der Waals surface area contributed by atoms with Gasteiger partial charge < -0.3 is 5.32 Å².